The number of pyridine rings is 1. The van der Waals surface area contributed by atoms with Crippen LogP contribution in [-0.2, 0) is 23.0 Å². The Bertz CT molecular complexity index is 1310. The Labute approximate surface area is 192 Å². The van der Waals surface area contributed by atoms with E-state index in [9.17, 15) is 8.42 Å². The Balaban J connectivity index is 1.67. The highest BCUT2D eigenvalue weighted by Gasteiger charge is 2.25. The Morgan fingerprint density at radius 1 is 0.839 bits per heavy atom. The quantitative estimate of drug-likeness (QED) is 0.334. The third-order valence-corrected chi connectivity index (χ3v) is 7.50. The van der Waals surface area contributed by atoms with Crippen LogP contribution in [0.5, 0.6) is 0 Å². The van der Waals surface area contributed by atoms with Gasteiger partial charge in [-0.25, -0.2) is 8.42 Å². The molecule has 0 aliphatic carbocycles. The summed E-state index contributed by atoms with van der Waals surface area (Å²) in [5, 5.41) is 2.93. The largest absolute Gasteiger partial charge is 0.260 e. The first-order chi connectivity index (χ1) is 14.9. The maximum Gasteiger partial charge on any atom is 0.243 e. The van der Waals surface area contributed by atoms with Crippen LogP contribution in [0.1, 0.15) is 11.3 Å². The Morgan fingerprint density at radius 3 is 2.35 bits per heavy atom. The van der Waals surface area contributed by atoms with Gasteiger partial charge < -0.3 is 0 Å². The number of hydrogen-bond acceptors (Lipinski definition) is 3. The summed E-state index contributed by atoms with van der Waals surface area (Å²) >= 11 is 12.3. The van der Waals surface area contributed by atoms with Gasteiger partial charge in [0, 0.05) is 22.8 Å². The molecule has 1 heterocycles. The van der Waals surface area contributed by atoms with Gasteiger partial charge in [0.1, 0.15) is 0 Å². The molecule has 0 fully saturated rings. The molecule has 0 amide bonds. The molecule has 4 rings (SSSR count). The number of sulfonamides is 1. The molecule has 4 nitrogen and oxygen atoms in total. The summed E-state index contributed by atoms with van der Waals surface area (Å²) in [4.78, 5) is 4.56. The standard InChI is InChI=1S/C24H20Cl2N2O2S/c25-21-10-8-19(24(26)16-21)12-14-28(17-22-7-3-4-13-27-22)31(29,30)23-11-9-18-5-1-2-6-20(18)15-23/h1-11,13,15-16H,12,14,17H2. The lowest BCUT2D eigenvalue weighted by Gasteiger charge is -2.22. The average Bonchev–Trinajstić information content (AvgIpc) is 2.78. The molecule has 0 spiro atoms. The molecule has 0 bridgehead atoms. The molecular weight excluding hydrogens is 451 g/mol. The van der Waals surface area contributed by atoms with Crippen molar-refractivity contribution in [2.45, 2.75) is 17.9 Å². The molecule has 0 saturated heterocycles. The molecule has 0 aliphatic heterocycles. The van der Waals surface area contributed by atoms with Crippen molar-refractivity contribution in [1.82, 2.24) is 9.29 Å². The number of benzene rings is 3. The molecule has 3 aromatic carbocycles. The van der Waals surface area contributed by atoms with E-state index in [0.717, 1.165) is 16.3 Å². The Hall–Kier alpha value is -2.44. The van der Waals surface area contributed by atoms with Crippen LogP contribution in [0.25, 0.3) is 10.8 Å². The molecule has 0 unspecified atom stereocenters. The molecule has 0 N–H and O–H groups in total. The van der Waals surface area contributed by atoms with E-state index in [4.69, 9.17) is 23.2 Å². The minimum Gasteiger partial charge on any atom is -0.260 e. The lowest BCUT2D eigenvalue weighted by atomic mass is 10.1. The SMILES string of the molecule is O=S(=O)(c1ccc2ccccc2c1)N(CCc1ccc(Cl)cc1Cl)Cc1ccccn1. The van der Waals surface area contributed by atoms with Gasteiger partial charge in [0.15, 0.2) is 0 Å². The van der Waals surface area contributed by atoms with Crippen LogP contribution in [-0.4, -0.2) is 24.3 Å². The number of rotatable bonds is 7. The predicted molar refractivity (Wildman–Crippen MR) is 126 cm³/mol. The highest BCUT2D eigenvalue weighted by molar-refractivity contribution is 7.89. The van der Waals surface area contributed by atoms with Crippen LogP contribution in [0, 0.1) is 0 Å². The summed E-state index contributed by atoms with van der Waals surface area (Å²) in [5.41, 5.74) is 1.51. The van der Waals surface area contributed by atoms with Crippen LogP contribution in [0.4, 0.5) is 0 Å². The van der Waals surface area contributed by atoms with Crippen molar-refractivity contribution in [3.05, 3.63) is 106 Å². The minimum atomic E-state index is -3.76. The van der Waals surface area contributed by atoms with E-state index in [2.05, 4.69) is 4.98 Å². The molecule has 0 atom stereocenters. The normalized spacial score (nSPS) is 11.8. The lowest BCUT2D eigenvalue weighted by molar-refractivity contribution is 0.405. The van der Waals surface area contributed by atoms with Gasteiger partial charge in [-0.05, 0) is 59.2 Å². The zero-order valence-corrected chi connectivity index (χ0v) is 18.9. The van der Waals surface area contributed by atoms with Crippen LogP contribution in [0.3, 0.4) is 0 Å². The third kappa shape index (κ3) is 5.08. The highest BCUT2D eigenvalue weighted by Crippen LogP contribution is 2.25. The van der Waals surface area contributed by atoms with Gasteiger partial charge in [-0.3, -0.25) is 4.98 Å². The highest BCUT2D eigenvalue weighted by atomic mass is 35.5. The second-order valence-electron chi connectivity index (χ2n) is 7.15. The van der Waals surface area contributed by atoms with Gasteiger partial charge >= 0.3 is 0 Å². The average molecular weight is 471 g/mol. The Morgan fingerprint density at radius 2 is 1.61 bits per heavy atom. The maximum absolute atomic E-state index is 13.6. The monoisotopic (exact) mass is 470 g/mol. The molecule has 1 aromatic heterocycles. The van der Waals surface area contributed by atoms with E-state index in [1.54, 1.807) is 36.5 Å². The number of nitrogens with zero attached hydrogens (tertiary/aromatic N) is 2. The number of aromatic nitrogens is 1. The van der Waals surface area contributed by atoms with Gasteiger partial charge in [0.25, 0.3) is 0 Å². The fourth-order valence-electron chi connectivity index (χ4n) is 3.40. The summed E-state index contributed by atoms with van der Waals surface area (Å²) < 4.78 is 28.6. The first-order valence-electron chi connectivity index (χ1n) is 9.76. The maximum atomic E-state index is 13.6. The molecule has 0 aliphatic rings. The second kappa shape index (κ2) is 9.37. The summed E-state index contributed by atoms with van der Waals surface area (Å²) in [5.74, 6) is 0. The van der Waals surface area contributed by atoms with E-state index < -0.39 is 10.0 Å². The molecule has 7 heteroatoms. The van der Waals surface area contributed by atoms with Crippen molar-refractivity contribution >= 4 is 44.0 Å². The Kier molecular flexibility index (Phi) is 6.58. The van der Waals surface area contributed by atoms with Crippen LogP contribution < -0.4 is 0 Å². The van der Waals surface area contributed by atoms with E-state index in [-0.39, 0.29) is 18.0 Å². The fraction of sp³-hybridized carbons (Fsp3) is 0.125. The molecule has 0 saturated carbocycles. The van der Waals surface area contributed by atoms with Gasteiger partial charge in [0.2, 0.25) is 10.0 Å². The third-order valence-electron chi connectivity index (χ3n) is 5.07. The van der Waals surface area contributed by atoms with Crippen molar-refractivity contribution in [1.29, 1.82) is 0 Å². The summed E-state index contributed by atoms with van der Waals surface area (Å²) in [6.07, 6.45) is 2.11. The van der Waals surface area contributed by atoms with E-state index >= 15 is 0 Å². The minimum absolute atomic E-state index is 0.168. The first kappa shape index (κ1) is 21.8. The topological polar surface area (TPSA) is 50.3 Å². The van der Waals surface area contributed by atoms with E-state index in [0.29, 0.717) is 22.2 Å². The summed E-state index contributed by atoms with van der Waals surface area (Å²) in [6.45, 7) is 0.425. The molecule has 0 radical (unpaired) electrons. The molecular formula is C24H20Cl2N2O2S. The van der Waals surface area contributed by atoms with Crippen LogP contribution >= 0.6 is 23.2 Å². The predicted octanol–water partition coefficient (Wildman–Crippen LogP) is 5.98. The van der Waals surface area contributed by atoms with Crippen molar-refractivity contribution in [3.8, 4) is 0 Å². The van der Waals surface area contributed by atoms with Crippen LogP contribution in [0.15, 0.2) is 90.0 Å². The van der Waals surface area contributed by atoms with Gasteiger partial charge in [-0.1, -0.05) is 65.7 Å². The summed E-state index contributed by atoms with van der Waals surface area (Å²) in [7, 11) is -3.76. The van der Waals surface area contributed by atoms with Gasteiger partial charge in [-0.2, -0.15) is 4.31 Å². The van der Waals surface area contributed by atoms with Crippen LogP contribution in [0.2, 0.25) is 10.0 Å². The number of fused-ring (bicyclic) bond motifs is 1. The van der Waals surface area contributed by atoms with Gasteiger partial charge in [-0.15, -0.1) is 0 Å². The molecule has 158 valence electrons. The van der Waals surface area contributed by atoms with Crippen molar-refractivity contribution in [2.24, 2.45) is 0 Å². The smallest absolute Gasteiger partial charge is 0.243 e. The van der Waals surface area contributed by atoms with Crippen molar-refractivity contribution < 1.29 is 8.42 Å². The lowest BCUT2D eigenvalue weighted by Crippen LogP contribution is -2.33. The first-order valence-corrected chi connectivity index (χ1v) is 12.0. The zero-order valence-electron chi connectivity index (χ0n) is 16.6. The van der Waals surface area contributed by atoms with E-state index in [1.165, 1.54) is 4.31 Å². The number of hydrogen-bond donors (Lipinski definition) is 0. The fourth-order valence-corrected chi connectivity index (χ4v) is 5.35. The molecule has 31 heavy (non-hydrogen) atoms. The van der Waals surface area contributed by atoms with Gasteiger partial charge in [0.05, 0.1) is 17.1 Å². The molecule has 4 aromatic rings. The zero-order chi connectivity index (χ0) is 21.8. The van der Waals surface area contributed by atoms with Crippen molar-refractivity contribution in [2.75, 3.05) is 6.54 Å². The number of halogens is 2. The second-order valence-corrected chi connectivity index (χ2v) is 9.94. The summed E-state index contributed by atoms with van der Waals surface area (Å²) in [6, 6.07) is 23.6. The van der Waals surface area contributed by atoms with Crippen molar-refractivity contribution in [3.63, 3.8) is 0 Å². The van der Waals surface area contributed by atoms with E-state index in [1.807, 2.05) is 48.5 Å².